The number of aliphatic hydroxyl groups excluding tert-OH is 5. The molecule has 0 bridgehead atoms. The van der Waals surface area contributed by atoms with Crippen LogP contribution < -0.4 is 5.32 Å². The van der Waals surface area contributed by atoms with E-state index >= 15 is 0 Å². The Bertz CT molecular complexity index is 1740. The molecule has 1 rings (SSSR count). The molecule has 0 aromatic rings. The quantitative estimate of drug-likeness (QED) is 0.0195. The number of carbonyl (C=O) groups excluding carboxylic acids is 2. The van der Waals surface area contributed by atoms with E-state index in [-0.39, 0.29) is 19.4 Å². The molecule has 1 saturated heterocycles. The third kappa shape index (κ3) is 46.8. The minimum absolute atomic E-state index is 0.116. The van der Waals surface area contributed by atoms with Gasteiger partial charge in [0, 0.05) is 6.42 Å². The standard InChI is InChI=1S/C73H127NO10/c1-4-7-10-13-16-19-22-25-27-29-31-33-35-36-38-40-42-45-48-51-54-57-60-66(77)72(81)74-64(65(76)59-56-53-50-47-44-24-21-18-15-12-9-6-3)63-82-73-71(70(80)69(79)67(62-75)83-73)84-68(78)61-58-55-52-49-46-43-41-39-37-34-32-30-28-26-23-20-17-14-11-8-5-2/h7,10,16-17,19-20,25-28,31,33,36,38,56,59,64-67,69-71,73,75-77,79-80H,4-6,8-9,11-15,18,21-24,29-30,32,34-35,37,39-55,57-58,60-63H2,1-3H3,(H,74,81)/b10-7-,19-16-,20-17-,27-25-,28-26-,33-31-,38-36-,59-56+. The molecule has 0 spiro atoms. The van der Waals surface area contributed by atoms with Gasteiger partial charge in [0.05, 0.1) is 25.4 Å². The average molecular weight is 1180 g/mol. The summed E-state index contributed by atoms with van der Waals surface area (Å²) < 4.78 is 17.7. The van der Waals surface area contributed by atoms with Gasteiger partial charge in [0.1, 0.15) is 24.4 Å². The van der Waals surface area contributed by atoms with Crippen LogP contribution in [0.1, 0.15) is 290 Å². The van der Waals surface area contributed by atoms with E-state index in [0.717, 1.165) is 116 Å². The number of aliphatic hydroxyl groups is 5. The van der Waals surface area contributed by atoms with E-state index in [9.17, 15) is 35.1 Å². The van der Waals surface area contributed by atoms with Gasteiger partial charge < -0.3 is 45.1 Å². The molecule has 1 amide bonds. The van der Waals surface area contributed by atoms with Crippen LogP contribution in [0.4, 0.5) is 0 Å². The Morgan fingerprint density at radius 3 is 1.31 bits per heavy atom. The monoisotopic (exact) mass is 1180 g/mol. The summed E-state index contributed by atoms with van der Waals surface area (Å²) >= 11 is 0. The maximum absolute atomic E-state index is 13.5. The molecule has 11 nitrogen and oxygen atoms in total. The van der Waals surface area contributed by atoms with E-state index < -0.39 is 67.4 Å². The van der Waals surface area contributed by atoms with Crippen molar-refractivity contribution in [2.75, 3.05) is 13.2 Å². The Morgan fingerprint density at radius 2 is 0.857 bits per heavy atom. The lowest BCUT2D eigenvalue weighted by atomic mass is 9.99. The third-order valence-corrected chi connectivity index (χ3v) is 15.7. The van der Waals surface area contributed by atoms with E-state index in [4.69, 9.17) is 14.2 Å². The largest absolute Gasteiger partial charge is 0.454 e. The number of carbonyl (C=O) groups is 2. The molecule has 1 aliphatic rings. The molecule has 1 aliphatic heterocycles. The second kappa shape index (κ2) is 59.9. The SMILES string of the molecule is CC/C=C\C/C=C\C/C=C\C/C=C\C/C=C\CCCCCCCCC(O)C(=O)NC(COC1OC(CO)C(O)C(O)C1OC(=O)CCCCCCCCCCCCC/C=C\C/C=C\CCCCC)C(O)/C=C/CCCCCCCCCCCC. The summed E-state index contributed by atoms with van der Waals surface area (Å²) in [6, 6.07) is -1.04. The number of hydrogen-bond acceptors (Lipinski definition) is 10. The van der Waals surface area contributed by atoms with Crippen molar-refractivity contribution >= 4 is 11.9 Å². The number of nitrogens with one attached hydrogen (secondary N) is 1. The van der Waals surface area contributed by atoms with E-state index in [1.54, 1.807) is 6.08 Å². The molecule has 0 aliphatic carbocycles. The van der Waals surface area contributed by atoms with Crippen LogP contribution in [0.3, 0.4) is 0 Å². The molecular weight excluding hydrogens is 1050 g/mol. The van der Waals surface area contributed by atoms with E-state index in [2.05, 4.69) is 111 Å². The van der Waals surface area contributed by atoms with Crippen LogP contribution in [-0.2, 0) is 23.8 Å². The predicted octanol–water partition coefficient (Wildman–Crippen LogP) is 17.5. The molecule has 0 radical (unpaired) electrons. The van der Waals surface area contributed by atoms with E-state index in [0.29, 0.717) is 12.8 Å². The number of esters is 1. The molecule has 0 aromatic heterocycles. The summed E-state index contributed by atoms with van der Waals surface area (Å²) in [5.74, 6) is -1.21. The van der Waals surface area contributed by atoms with Gasteiger partial charge in [0.25, 0.3) is 0 Å². The third-order valence-electron chi connectivity index (χ3n) is 15.7. The minimum Gasteiger partial charge on any atom is -0.454 e. The number of amides is 1. The maximum atomic E-state index is 13.5. The van der Waals surface area contributed by atoms with Gasteiger partial charge in [-0.3, -0.25) is 9.59 Å². The normalized spacial score (nSPS) is 19.1. The van der Waals surface area contributed by atoms with Crippen molar-refractivity contribution in [2.24, 2.45) is 0 Å². The van der Waals surface area contributed by atoms with Crippen molar-refractivity contribution in [3.8, 4) is 0 Å². The van der Waals surface area contributed by atoms with Crippen molar-refractivity contribution in [1.29, 1.82) is 0 Å². The van der Waals surface area contributed by atoms with Gasteiger partial charge in [-0.05, 0) is 103 Å². The van der Waals surface area contributed by atoms with Crippen LogP contribution in [-0.4, -0.2) is 99.6 Å². The Morgan fingerprint density at radius 1 is 0.476 bits per heavy atom. The van der Waals surface area contributed by atoms with Crippen molar-refractivity contribution in [2.45, 2.75) is 339 Å². The number of ether oxygens (including phenoxy) is 3. The smallest absolute Gasteiger partial charge is 0.306 e. The highest BCUT2D eigenvalue weighted by Crippen LogP contribution is 2.26. The van der Waals surface area contributed by atoms with Crippen LogP contribution in [0.15, 0.2) is 97.2 Å². The van der Waals surface area contributed by atoms with E-state index in [1.165, 1.54) is 128 Å². The zero-order chi connectivity index (χ0) is 61.0. The number of hydrogen-bond donors (Lipinski definition) is 6. The second-order valence-electron chi connectivity index (χ2n) is 23.5. The first-order chi connectivity index (χ1) is 41.2. The summed E-state index contributed by atoms with van der Waals surface area (Å²) in [6.45, 7) is 5.66. The lowest BCUT2D eigenvalue weighted by molar-refractivity contribution is -0.305. The molecule has 84 heavy (non-hydrogen) atoms. The first-order valence-electron chi connectivity index (χ1n) is 34.5. The first kappa shape index (κ1) is 78.6. The van der Waals surface area contributed by atoms with Gasteiger partial charge in [-0.2, -0.15) is 0 Å². The zero-order valence-corrected chi connectivity index (χ0v) is 53.7. The summed E-state index contributed by atoms with van der Waals surface area (Å²) in [7, 11) is 0. The molecule has 0 aromatic carbocycles. The van der Waals surface area contributed by atoms with Gasteiger partial charge in [0.15, 0.2) is 12.4 Å². The van der Waals surface area contributed by atoms with Gasteiger partial charge >= 0.3 is 5.97 Å². The first-order valence-corrected chi connectivity index (χ1v) is 34.5. The minimum atomic E-state index is -1.62. The van der Waals surface area contributed by atoms with Crippen molar-refractivity contribution < 1.29 is 49.3 Å². The Kier molecular flexibility index (Phi) is 56.0. The second-order valence-corrected chi connectivity index (χ2v) is 23.5. The molecule has 11 heteroatoms. The fourth-order valence-corrected chi connectivity index (χ4v) is 10.3. The van der Waals surface area contributed by atoms with Crippen molar-refractivity contribution in [3.05, 3.63) is 97.2 Å². The molecule has 1 fully saturated rings. The average Bonchev–Trinajstić information content (AvgIpc) is 3.55. The van der Waals surface area contributed by atoms with Crippen LogP contribution in [0.5, 0.6) is 0 Å². The lowest BCUT2D eigenvalue weighted by Gasteiger charge is -2.41. The molecule has 1 heterocycles. The van der Waals surface area contributed by atoms with E-state index in [1.807, 2.05) is 6.08 Å². The summed E-state index contributed by atoms with van der Waals surface area (Å²) in [6.07, 6.45) is 70.1. The highest BCUT2D eigenvalue weighted by Gasteiger charge is 2.47. The topological polar surface area (TPSA) is 175 Å². The Labute approximate surface area is 514 Å². The highest BCUT2D eigenvalue weighted by atomic mass is 16.7. The highest BCUT2D eigenvalue weighted by molar-refractivity contribution is 5.80. The summed E-state index contributed by atoms with van der Waals surface area (Å²) in [4.78, 5) is 26.7. The lowest BCUT2D eigenvalue weighted by Crippen LogP contribution is -2.61. The molecule has 484 valence electrons. The fraction of sp³-hybridized carbons (Fsp3) is 0.753. The Hall–Kier alpha value is -3.42. The van der Waals surface area contributed by atoms with Crippen LogP contribution >= 0.6 is 0 Å². The predicted molar refractivity (Wildman–Crippen MR) is 352 cm³/mol. The zero-order valence-electron chi connectivity index (χ0n) is 53.7. The van der Waals surface area contributed by atoms with Crippen molar-refractivity contribution in [1.82, 2.24) is 5.32 Å². The molecule has 8 atom stereocenters. The Balaban J connectivity index is 2.62. The molecule has 8 unspecified atom stereocenters. The maximum Gasteiger partial charge on any atom is 0.306 e. The van der Waals surface area contributed by atoms with Gasteiger partial charge in [-0.1, -0.05) is 279 Å². The van der Waals surface area contributed by atoms with Gasteiger partial charge in [0.2, 0.25) is 5.91 Å². The molecule has 0 saturated carbocycles. The summed E-state index contributed by atoms with van der Waals surface area (Å²) in [5.41, 5.74) is 0. The van der Waals surface area contributed by atoms with Crippen LogP contribution in [0.25, 0.3) is 0 Å². The van der Waals surface area contributed by atoms with Crippen LogP contribution in [0, 0.1) is 0 Å². The number of rotatable bonds is 58. The molecule has 6 N–H and O–H groups in total. The van der Waals surface area contributed by atoms with Gasteiger partial charge in [-0.15, -0.1) is 0 Å². The van der Waals surface area contributed by atoms with Gasteiger partial charge in [-0.25, -0.2) is 0 Å². The number of allylic oxidation sites excluding steroid dienone is 15. The number of unbranched alkanes of at least 4 members (excludes halogenated alkanes) is 30. The molecular formula is C73H127NO10. The van der Waals surface area contributed by atoms with Crippen LogP contribution in [0.2, 0.25) is 0 Å². The fourth-order valence-electron chi connectivity index (χ4n) is 10.3. The summed E-state index contributed by atoms with van der Waals surface area (Å²) in [5, 5.41) is 57.2. The van der Waals surface area contributed by atoms with Crippen molar-refractivity contribution in [3.63, 3.8) is 0 Å².